The summed E-state index contributed by atoms with van der Waals surface area (Å²) in [5.74, 6) is 0.268. The van der Waals surface area contributed by atoms with Crippen molar-refractivity contribution in [2.75, 3.05) is 13.2 Å². The monoisotopic (exact) mass is 418 g/mol. The molecule has 1 atom stereocenters. The van der Waals surface area contributed by atoms with Gasteiger partial charge >= 0.3 is 0 Å². The molecule has 0 aliphatic heterocycles. The minimum atomic E-state index is -0.600. The molecule has 0 aliphatic rings. The lowest BCUT2D eigenvalue weighted by Crippen LogP contribution is -2.49. The standard InChI is InChI=1S/C26H30N2O3/c1-4-16-27-26(30)20(3)28(17-21-14-12-19(2)13-15-21)25(29)18-31-24-11-7-9-22-8-5-6-10-23(22)24/h5-15,20H,4,16-18H2,1-3H3,(H,27,30)/t20-/m0/s1. The van der Waals surface area contributed by atoms with Crippen LogP contribution in [0.4, 0.5) is 0 Å². The highest BCUT2D eigenvalue weighted by atomic mass is 16.5. The molecule has 0 saturated carbocycles. The molecule has 0 unspecified atom stereocenters. The van der Waals surface area contributed by atoms with Crippen LogP contribution in [-0.4, -0.2) is 35.9 Å². The van der Waals surface area contributed by atoms with Crippen LogP contribution in [0.2, 0.25) is 0 Å². The summed E-state index contributed by atoms with van der Waals surface area (Å²) in [7, 11) is 0. The Bertz CT molecular complexity index is 1030. The molecule has 2 amide bonds. The second kappa shape index (κ2) is 10.6. The molecule has 0 aromatic heterocycles. The highest BCUT2D eigenvalue weighted by molar-refractivity contribution is 5.90. The van der Waals surface area contributed by atoms with E-state index in [2.05, 4.69) is 5.32 Å². The van der Waals surface area contributed by atoms with Crippen LogP contribution in [0.3, 0.4) is 0 Å². The highest BCUT2D eigenvalue weighted by Crippen LogP contribution is 2.25. The van der Waals surface area contributed by atoms with Gasteiger partial charge in [-0.15, -0.1) is 0 Å². The van der Waals surface area contributed by atoms with Gasteiger partial charge < -0.3 is 15.0 Å². The van der Waals surface area contributed by atoms with Crippen LogP contribution in [0.1, 0.15) is 31.4 Å². The van der Waals surface area contributed by atoms with Crippen molar-refractivity contribution < 1.29 is 14.3 Å². The first-order chi connectivity index (χ1) is 15.0. The Morgan fingerprint density at radius 2 is 1.71 bits per heavy atom. The summed E-state index contributed by atoms with van der Waals surface area (Å²) in [6.45, 7) is 6.57. The minimum Gasteiger partial charge on any atom is -0.483 e. The minimum absolute atomic E-state index is 0.134. The van der Waals surface area contributed by atoms with Gasteiger partial charge in [-0.3, -0.25) is 9.59 Å². The van der Waals surface area contributed by atoms with Gasteiger partial charge in [0.15, 0.2) is 6.61 Å². The first-order valence-electron chi connectivity index (χ1n) is 10.7. The van der Waals surface area contributed by atoms with Gasteiger partial charge in [-0.25, -0.2) is 0 Å². The molecule has 0 radical (unpaired) electrons. The number of ether oxygens (including phenoxy) is 1. The zero-order valence-corrected chi connectivity index (χ0v) is 18.4. The summed E-state index contributed by atoms with van der Waals surface area (Å²) < 4.78 is 5.91. The Labute approximate surface area is 184 Å². The molecule has 0 heterocycles. The topological polar surface area (TPSA) is 58.6 Å². The van der Waals surface area contributed by atoms with Crippen LogP contribution in [0.25, 0.3) is 10.8 Å². The van der Waals surface area contributed by atoms with Gasteiger partial charge in [0.25, 0.3) is 5.91 Å². The van der Waals surface area contributed by atoms with Gasteiger partial charge in [-0.05, 0) is 37.3 Å². The smallest absolute Gasteiger partial charge is 0.261 e. The van der Waals surface area contributed by atoms with Crippen LogP contribution in [0.15, 0.2) is 66.7 Å². The number of nitrogens with one attached hydrogen (secondary N) is 1. The Hall–Kier alpha value is -3.34. The van der Waals surface area contributed by atoms with E-state index in [1.165, 1.54) is 0 Å². The van der Waals surface area contributed by atoms with E-state index in [1.807, 2.05) is 80.6 Å². The summed E-state index contributed by atoms with van der Waals surface area (Å²) in [5.41, 5.74) is 2.12. The van der Waals surface area contributed by atoms with Crippen molar-refractivity contribution in [3.63, 3.8) is 0 Å². The predicted molar refractivity (Wildman–Crippen MR) is 124 cm³/mol. The van der Waals surface area contributed by atoms with E-state index in [9.17, 15) is 9.59 Å². The largest absolute Gasteiger partial charge is 0.483 e. The molecule has 5 heteroatoms. The number of rotatable bonds is 9. The molecule has 3 aromatic rings. The van der Waals surface area contributed by atoms with Crippen molar-refractivity contribution in [1.29, 1.82) is 0 Å². The van der Waals surface area contributed by atoms with E-state index in [-0.39, 0.29) is 18.4 Å². The maximum atomic E-state index is 13.2. The van der Waals surface area contributed by atoms with Crippen molar-refractivity contribution in [2.24, 2.45) is 0 Å². The van der Waals surface area contributed by atoms with Crippen molar-refractivity contribution >= 4 is 22.6 Å². The van der Waals surface area contributed by atoms with Gasteiger partial charge in [0.1, 0.15) is 11.8 Å². The van der Waals surface area contributed by atoms with Crippen molar-refractivity contribution in [1.82, 2.24) is 10.2 Å². The molecule has 3 aromatic carbocycles. The molecule has 162 valence electrons. The summed E-state index contributed by atoms with van der Waals surface area (Å²) in [6.07, 6.45) is 0.842. The van der Waals surface area contributed by atoms with Crippen molar-refractivity contribution in [3.8, 4) is 5.75 Å². The lowest BCUT2D eigenvalue weighted by atomic mass is 10.1. The summed E-state index contributed by atoms with van der Waals surface area (Å²) >= 11 is 0. The van der Waals surface area contributed by atoms with E-state index >= 15 is 0 Å². The van der Waals surface area contributed by atoms with Crippen LogP contribution in [-0.2, 0) is 16.1 Å². The Morgan fingerprint density at radius 3 is 2.45 bits per heavy atom. The molecule has 0 saturated heterocycles. The SMILES string of the molecule is CCCNC(=O)[C@H](C)N(Cc1ccc(C)cc1)C(=O)COc1cccc2ccccc12. The van der Waals surface area contributed by atoms with Gasteiger partial charge in [-0.1, -0.05) is 73.2 Å². The van der Waals surface area contributed by atoms with Crippen LogP contribution >= 0.6 is 0 Å². The molecular weight excluding hydrogens is 388 g/mol. The fraction of sp³-hybridized carbons (Fsp3) is 0.308. The number of amides is 2. The lowest BCUT2D eigenvalue weighted by molar-refractivity contribution is -0.142. The second-order valence-electron chi connectivity index (χ2n) is 7.74. The number of benzene rings is 3. The molecule has 0 bridgehead atoms. The van der Waals surface area contributed by atoms with Gasteiger partial charge in [0.2, 0.25) is 5.91 Å². The van der Waals surface area contributed by atoms with Gasteiger partial charge in [0.05, 0.1) is 0 Å². The number of nitrogens with zero attached hydrogens (tertiary/aromatic N) is 1. The highest BCUT2D eigenvalue weighted by Gasteiger charge is 2.26. The molecule has 0 fully saturated rings. The Morgan fingerprint density at radius 1 is 1.00 bits per heavy atom. The number of hydrogen-bond donors (Lipinski definition) is 1. The maximum absolute atomic E-state index is 13.2. The fourth-order valence-corrected chi connectivity index (χ4v) is 3.41. The molecule has 1 N–H and O–H groups in total. The molecule has 3 rings (SSSR count). The summed E-state index contributed by atoms with van der Waals surface area (Å²) in [5, 5.41) is 4.89. The summed E-state index contributed by atoms with van der Waals surface area (Å²) in [6, 6.07) is 21.1. The quantitative estimate of drug-likeness (QED) is 0.558. The van der Waals surface area contributed by atoms with Crippen LogP contribution < -0.4 is 10.1 Å². The Kier molecular flexibility index (Phi) is 7.65. The predicted octanol–water partition coefficient (Wildman–Crippen LogP) is 4.47. The van der Waals surface area contributed by atoms with E-state index in [0.717, 1.165) is 28.3 Å². The van der Waals surface area contributed by atoms with E-state index in [0.29, 0.717) is 18.8 Å². The van der Waals surface area contributed by atoms with Crippen LogP contribution in [0, 0.1) is 6.92 Å². The van der Waals surface area contributed by atoms with E-state index in [4.69, 9.17) is 4.74 Å². The molecule has 31 heavy (non-hydrogen) atoms. The number of aryl methyl sites for hydroxylation is 1. The number of carbonyl (C=O) groups is 2. The van der Waals surface area contributed by atoms with Crippen molar-refractivity contribution in [3.05, 3.63) is 77.9 Å². The number of carbonyl (C=O) groups excluding carboxylic acids is 2. The van der Waals surface area contributed by atoms with Gasteiger partial charge in [-0.2, -0.15) is 0 Å². The van der Waals surface area contributed by atoms with E-state index < -0.39 is 6.04 Å². The zero-order valence-electron chi connectivity index (χ0n) is 18.4. The Balaban J connectivity index is 1.77. The molecule has 0 spiro atoms. The summed E-state index contributed by atoms with van der Waals surface area (Å²) in [4.78, 5) is 27.3. The van der Waals surface area contributed by atoms with Crippen molar-refractivity contribution in [2.45, 2.75) is 39.8 Å². The number of hydrogen-bond acceptors (Lipinski definition) is 3. The third-order valence-electron chi connectivity index (χ3n) is 5.29. The number of fused-ring (bicyclic) bond motifs is 1. The second-order valence-corrected chi connectivity index (χ2v) is 7.74. The fourth-order valence-electron chi connectivity index (χ4n) is 3.41. The molecule has 5 nitrogen and oxygen atoms in total. The van der Waals surface area contributed by atoms with Crippen LogP contribution in [0.5, 0.6) is 5.75 Å². The van der Waals surface area contributed by atoms with E-state index in [1.54, 1.807) is 11.8 Å². The third-order valence-corrected chi connectivity index (χ3v) is 5.29. The van der Waals surface area contributed by atoms with Gasteiger partial charge in [0, 0.05) is 18.5 Å². The maximum Gasteiger partial charge on any atom is 0.261 e. The average molecular weight is 419 g/mol. The normalized spacial score (nSPS) is 11.7. The molecular formula is C26H30N2O3. The first-order valence-corrected chi connectivity index (χ1v) is 10.7. The third kappa shape index (κ3) is 5.85. The average Bonchev–Trinajstić information content (AvgIpc) is 2.80. The first kappa shape index (κ1) is 22.3. The zero-order chi connectivity index (χ0) is 22.2. The molecule has 0 aliphatic carbocycles. The lowest BCUT2D eigenvalue weighted by Gasteiger charge is -2.29.